The van der Waals surface area contributed by atoms with Gasteiger partial charge in [-0.3, -0.25) is 0 Å². The average Bonchev–Trinajstić information content (AvgIpc) is 2.46. The van der Waals surface area contributed by atoms with E-state index in [1.54, 1.807) is 0 Å². The number of hydrogen-bond donors (Lipinski definition) is 2. The first kappa shape index (κ1) is 12.8. The molecular formula is C16H19NO. The van der Waals surface area contributed by atoms with Crippen LogP contribution in [0, 0.1) is 0 Å². The van der Waals surface area contributed by atoms with Crippen molar-refractivity contribution in [1.82, 2.24) is 0 Å². The Labute approximate surface area is 108 Å². The Morgan fingerprint density at radius 1 is 1.00 bits per heavy atom. The Hall–Kier alpha value is -1.64. The first-order chi connectivity index (χ1) is 8.72. The normalized spacial score (nSPS) is 14.2. The highest BCUT2D eigenvalue weighted by Gasteiger charge is 2.15. The molecule has 0 unspecified atom stereocenters. The van der Waals surface area contributed by atoms with E-state index in [0.29, 0.717) is 6.42 Å². The van der Waals surface area contributed by atoms with E-state index in [4.69, 9.17) is 5.73 Å². The molecule has 0 spiro atoms. The van der Waals surface area contributed by atoms with Crippen molar-refractivity contribution in [3.63, 3.8) is 0 Å². The van der Waals surface area contributed by atoms with E-state index in [9.17, 15) is 5.11 Å². The van der Waals surface area contributed by atoms with E-state index < -0.39 is 6.10 Å². The van der Waals surface area contributed by atoms with E-state index in [1.807, 2.05) is 37.3 Å². The largest absolute Gasteiger partial charge is 0.391 e. The van der Waals surface area contributed by atoms with Crippen LogP contribution in [0.2, 0.25) is 0 Å². The second-order valence-electron chi connectivity index (χ2n) is 4.49. The Kier molecular flexibility index (Phi) is 4.13. The van der Waals surface area contributed by atoms with Gasteiger partial charge < -0.3 is 10.8 Å². The number of rotatable bonds is 4. The zero-order valence-corrected chi connectivity index (χ0v) is 10.6. The fourth-order valence-corrected chi connectivity index (χ4v) is 2.03. The summed E-state index contributed by atoms with van der Waals surface area (Å²) in [5, 5.41) is 9.82. The van der Waals surface area contributed by atoms with Crippen LogP contribution >= 0.6 is 0 Å². The molecule has 3 N–H and O–H groups in total. The summed E-state index contributed by atoms with van der Waals surface area (Å²) in [6, 6.07) is 17.9. The van der Waals surface area contributed by atoms with E-state index in [1.165, 1.54) is 0 Å². The second-order valence-corrected chi connectivity index (χ2v) is 4.49. The molecule has 2 rings (SSSR count). The summed E-state index contributed by atoms with van der Waals surface area (Å²) in [4.78, 5) is 0. The molecule has 0 saturated carbocycles. The quantitative estimate of drug-likeness (QED) is 0.864. The number of benzene rings is 2. The van der Waals surface area contributed by atoms with Crippen molar-refractivity contribution in [2.75, 3.05) is 0 Å². The van der Waals surface area contributed by atoms with Crippen LogP contribution in [0.3, 0.4) is 0 Å². The van der Waals surface area contributed by atoms with Crippen LogP contribution in [0.5, 0.6) is 0 Å². The van der Waals surface area contributed by atoms with Crippen molar-refractivity contribution < 1.29 is 5.11 Å². The smallest absolute Gasteiger partial charge is 0.0730 e. The minimum Gasteiger partial charge on any atom is -0.391 e. The van der Waals surface area contributed by atoms with Gasteiger partial charge >= 0.3 is 0 Å². The number of aliphatic hydroxyl groups is 1. The lowest BCUT2D eigenvalue weighted by Crippen LogP contribution is -2.25. The molecule has 2 nitrogen and oxygen atoms in total. The summed E-state index contributed by atoms with van der Waals surface area (Å²) in [7, 11) is 0. The van der Waals surface area contributed by atoms with Crippen molar-refractivity contribution in [2.45, 2.75) is 25.5 Å². The molecule has 2 heteroatoms. The summed E-state index contributed by atoms with van der Waals surface area (Å²) < 4.78 is 0. The fourth-order valence-electron chi connectivity index (χ4n) is 2.03. The molecule has 2 aromatic rings. The maximum atomic E-state index is 9.82. The number of aliphatic hydroxyl groups excluding tert-OH is 1. The second kappa shape index (κ2) is 5.80. The lowest BCUT2D eigenvalue weighted by atomic mass is 9.96. The van der Waals surface area contributed by atoms with E-state index >= 15 is 0 Å². The molecule has 0 heterocycles. The highest BCUT2D eigenvalue weighted by atomic mass is 16.3. The topological polar surface area (TPSA) is 46.2 Å². The van der Waals surface area contributed by atoms with Crippen molar-refractivity contribution >= 4 is 0 Å². The maximum absolute atomic E-state index is 9.82. The zero-order chi connectivity index (χ0) is 13.0. The molecule has 0 radical (unpaired) electrons. The molecule has 0 aliphatic heterocycles. The van der Waals surface area contributed by atoms with Gasteiger partial charge in [-0.15, -0.1) is 0 Å². The molecule has 0 bridgehead atoms. The lowest BCUT2D eigenvalue weighted by molar-refractivity contribution is 0.141. The van der Waals surface area contributed by atoms with Crippen LogP contribution in [0.4, 0.5) is 0 Å². The first-order valence-corrected chi connectivity index (χ1v) is 6.31. The van der Waals surface area contributed by atoms with Gasteiger partial charge in [0.2, 0.25) is 0 Å². The van der Waals surface area contributed by atoms with Crippen LogP contribution in [-0.4, -0.2) is 11.2 Å². The number of hydrogen-bond acceptors (Lipinski definition) is 2. The lowest BCUT2D eigenvalue weighted by Gasteiger charge is -2.18. The summed E-state index contributed by atoms with van der Waals surface area (Å²) >= 11 is 0. The summed E-state index contributed by atoms with van der Waals surface area (Å²) in [5.41, 5.74) is 9.32. The highest BCUT2D eigenvalue weighted by molar-refractivity contribution is 5.64. The Morgan fingerprint density at radius 3 is 2.33 bits per heavy atom. The zero-order valence-electron chi connectivity index (χ0n) is 10.6. The molecule has 94 valence electrons. The third-order valence-corrected chi connectivity index (χ3v) is 3.21. The van der Waals surface area contributed by atoms with Crippen LogP contribution in [0.15, 0.2) is 54.6 Å². The van der Waals surface area contributed by atoms with Gasteiger partial charge in [-0.05, 0) is 29.2 Å². The Bertz CT molecular complexity index is 495. The van der Waals surface area contributed by atoms with Crippen LogP contribution in [0.25, 0.3) is 11.1 Å². The molecule has 18 heavy (non-hydrogen) atoms. The molecule has 0 saturated heterocycles. The SMILES string of the molecule is CC[C@@H](O)[C@@H](N)c1cccc(-c2ccccc2)c1. The molecule has 0 aliphatic rings. The van der Waals surface area contributed by atoms with Crippen molar-refractivity contribution in [3.8, 4) is 11.1 Å². The Morgan fingerprint density at radius 2 is 1.67 bits per heavy atom. The third kappa shape index (κ3) is 2.78. The third-order valence-electron chi connectivity index (χ3n) is 3.21. The van der Waals surface area contributed by atoms with Crippen LogP contribution in [0.1, 0.15) is 24.9 Å². The fraction of sp³-hybridized carbons (Fsp3) is 0.250. The summed E-state index contributed by atoms with van der Waals surface area (Å²) in [6.07, 6.45) is 0.174. The highest BCUT2D eigenvalue weighted by Crippen LogP contribution is 2.24. The minimum atomic E-state index is -0.490. The van der Waals surface area contributed by atoms with Crippen LogP contribution in [-0.2, 0) is 0 Å². The van der Waals surface area contributed by atoms with Gasteiger partial charge in [-0.1, -0.05) is 55.5 Å². The minimum absolute atomic E-state index is 0.321. The van der Waals surface area contributed by atoms with Gasteiger partial charge in [0.15, 0.2) is 0 Å². The van der Waals surface area contributed by atoms with Crippen molar-refractivity contribution in [2.24, 2.45) is 5.73 Å². The predicted molar refractivity (Wildman–Crippen MR) is 75.1 cm³/mol. The van der Waals surface area contributed by atoms with Gasteiger partial charge in [-0.2, -0.15) is 0 Å². The van der Waals surface area contributed by atoms with Crippen LogP contribution < -0.4 is 5.73 Å². The van der Waals surface area contributed by atoms with E-state index in [-0.39, 0.29) is 6.04 Å². The molecule has 0 aliphatic carbocycles. The molecule has 0 amide bonds. The predicted octanol–water partition coefficient (Wildman–Crippen LogP) is 3.12. The van der Waals surface area contributed by atoms with E-state index in [0.717, 1.165) is 16.7 Å². The summed E-state index contributed by atoms with van der Waals surface area (Å²) in [6.45, 7) is 1.94. The van der Waals surface area contributed by atoms with Gasteiger partial charge in [0.05, 0.1) is 12.1 Å². The van der Waals surface area contributed by atoms with Gasteiger partial charge in [0.1, 0.15) is 0 Å². The van der Waals surface area contributed by atoms with Gasteiger partial charge in [0.25, 0.3) is 0 Å². The molecule has 2 atom stereocenters. The summed E-state index contributed by atoms with van der Waals surface area (Å²) in [5.74, 6) is 0. The molecule has 0 fully saturated rings. The molecule has 2 aromatic carbocycles. The van der Waals surface area contributed by atoms with Gasteiger partial charge in [-0.25, -0.2) is 0 Å². The van der Waals surface area contributed by atoms with Gasteiger partial charge in [0, 0.05) is 0 Å². The average molecular weight is 241 g/mol. The maximum Gasteiger partial charge on any atom is 0.0730 e. The molecular weight excluding hydrogens is 222 g/mol. The standard InChI is InChI=1S/C16H19NO/c1-2-15(18)16(17)14-10-6-9-13(11-14)12-7-4-3-5-8-12/h3-11,15-16,18H,2,17H2,1H3/t15-,16+/m1/s1. The first-order valence-electron chi connectivity index (χ1n) is 6.31. The monoisotopic (exact) mass is 241 g/mol. The van der Waals surface area contributed by atoms with E-state index in [2.05, 4.69) is 24.3 Å². The number of nitrogens with two attached hydrogens (primary N) is 1. The van der Waals surface area contributed by atoms with Crippen molar-refractivity contribution in [1.29, 1.82) is 0 Å². The Balaban J connectivity index is 2.31. The van der Waals surface area contributed by atoms with Crippen molar-refractivity contribution in [3.05, 3.63) is 60.2 Å². The molecule has 0 aromatic heterocycles.